The Bertz CT molecular complexity index is 445. The molecule has 0 spiro atoms. The molecule has 1 nitrogen and oxygen atoms in total. The van der Waals surface area contributed by atoms with Crippen LogP contribution < -0.4 is 0 Å². The minimum absolute atomic E-state index is 0.00852. The summed E-state index contributed by atoms with van der Waals surface area (Å²) in [4.78, 5) is 4.19. The van der Waals surface area contributed by atoms with E-state index in [1.165, 1.54) is 12.2 Å². The fraction of sp³-hybridized carbons (Fsp3) is 0.438. The van der Waals surface area contributed by atoms with Crippen LogP contribution in [0.2, 0.25) is 0 Å². The van der Waals surface area contributed by atoms with E-state index < -0.39 is 11.7 Å². The summed E-state index contributed by atoms with van der Waals surface area (Å²) in [5, 5.41) is 0. The maximum atomic E-state index is 12.8. The summed E-state index contributed by atoms with van der Waals surface area (Å²) in [6.07, 6.45) is 1.89. The molecule has 0 radical (unpaired) electrons. The van der Waals surface area contributed by atoms with Gasteiger partial charge in [-0.1, -0.05) is 43.7 Å². The fourth-order valence-corrected chi connectivity index (χ4v) is 1.42. The first-order valence-electron chi connectivity index (χ1n) is 6.51. The minimum atomic E-state index is -4.29. The van der Waals surface area contributed by atoms with E-state index in [0.29, 0.717) is 17.7 Å². The molecular formula is C16H22F3N. The highest BCUT2D eigenvalue weighted by Crippen LogP contribution is 2.29. The summed E-state index contributed by atoms with van der Waals surface area (Å²) >= 11 is 0. The zero-order valence-corrected chi connectivity index (χ0v) is 12.5. The molecule has 0 heterocycles. The van der Waals surface area contributed by atoms with Gasteiger partial charge in [-0.2, -0.15) is 13.2 Å². The van der Waals surface area contributed by atoms with Gasteiger partial charge in [0.05, 0.1) is 0 Å². The molecule has 0 aromatic rings. The number of rotatable bonds is 6. The molecule has 0 aliphatic rings. The van der Waals surface area contributed by atoms with Gasteiger partial charge < -0.3 is 0 Å². The van der Waals surface area contributed by atoms with Crippen molar-refractivity contribution in [1.29, 1.82) is 0 Å². The van der Waals surface area contributed by atoms with Gasteiger partial charge in [0.15, 0.2) is 0 Å². The molecule has 112 valence electrons. The van der Waals surface area contributed by atoms with Crippen LogP contribution in [0.25, 0.3) is 0 Å². The Kier molecular flexibility index (Phi) is 7.89. The fourth-order valence-electron chi connectivity index (χ4n) is 1.42. The van der Waals surface area contributed by atoms with Gasteiger partial charge in [0, 0.05) is 17.5 Å². The van der Waals surface area contributed by atoms with E-state index in [2.05, 4.69) is 11.6 Å². The van der Waals surface area contributed by atoms with Gasteiger partial charge in [0.2, 0.25) is 0 Å². The Morgan fingerprint density at radius 2 is 1.75 bits per heavy atom. The molecule has 4 heteroatoms. The van der Waals surface area contributed by atoms with E-state index >= 15 is 0 Å². The van der Waals surface area contributed by atoms with Gasteiger partial charge in [-0.15, -0.1) is 0 Å². The Balaban J connectivity index is 5.38. The first kappa shape index (κ1) is 18.4. The van der Waals surface area contributed by atoms with Crippen LogP contribution in [-0.4, -0.2) is 11.9 Å². The second-order valence-electron chi connectivity index (χ2n) is 4.69. The Morgan fingerprint density at radius 3 is 2.15 bits per heavy atom. The van der Waals surface area contributed by atoms with E-state index in [1.54, 1.807) is 20.0 Å². The van der Waals surface area contributed by atoms with Gasteiger partial charge in [0.25, 0.3) is 0 Å². The van der Waals surface area contributed by atoms with Crippen molar-refractivity contribution in [2.45, 2.75) is 46.7 Å². The molecule has 20 heavy (non-hydrogen) atoms. The maximum Gasteiger partial charge on any atom is 0.412 e. The summed E-state index contributed by atoms with van der Waals surface area (Å²) < 4.78 is 38.3. The molecule has 0 aromatic heterocycles. The van der Waals surface area contributed by atoms with Crippen molar-refractivity contribution >= 4 is 5.71 Å². The van der Waals surface area contributed by atoms with Crippen LogP contribution in [0.15, 0.2) is 52.7 Å². The smallest absolute Gasteiger partial charge is 0.261 e. The van der Waals surface area contributed by atoms with Crippen LogP contribution in [0, 0.1) is 0 Å². The van der Waals surface area contributed by atoms with Crippen molar-refractivity contribution in [1.82, 2.24) is 0 Å². The first-order valence-corrected chi connectivity index (χ1v) is 6.51. The van der Waals surface area contributed by atoms with Crippen molar-refractivity contribution in [3.63, 3.8) is 0 Å². The van der Waals surface area contributed by atoms with Gasteiger partial charge in [-0.05, 0) is 32.8 Å². The first-order chi connectivity index (χ1) is 9.22. The average Bonchev–Trinajstić information content (AvgIpc) is 2.34. The van der Waals surface area contributed by atoms with Gasteiger partial charge >= 0.3 is 6.18 Å². The Morgan fingerprint density at radius 1 is 1.15 bits per heavy atom. The molecule has 0 aromatic carbocycles. The highest BCUT2D eigenvalue weighted by Gasteiger charge is 2.31. The van der Waals surface area contributed by atoms with Crippen LogP contribution in [0.1, 0.15) is 40.5 Å². The summed E-state index contributed by atoms with van der Waals surface area (Å²) in [5.74, 6) is 0. The number of nitrogens with zero attached hydrogens (tertiary/aromatic N) is 1. The molecule has 0 bridgehead atoms. The van der Waals surface area contributed by atoms with Gasteiger partial charge in [-0.3, -0.25) is 4.99 Å². The number of hydrogen-bond donors (Lipinski definition) is 0. The van der Waals surface area contributed by atoms with Crippen LogP contribution in [-0.2, 0) is 0 Å². The zero-order valence-electron chi connectivity index (χ0n) is 12.5. The molecular weight excluding hydrogens is 263 g/mol. The van der Waals surface area contributed by atoms with E-state index in [0.717, 1.165) is 11.6 Å². The highest BCUT2D eigenvalue weighted by molar-refractivity contribution is 6.01. The molecule has 0 N–H and O–H groups in total. The lowest BCUT2D eigenvalue weighted by Gasteiger charge is -2.10. The quantitative estimate of drug-likeness (QED) is 0.434. The molecule has 0 aliphatic heterocycles. The number of halogens is 3. The largest absolute Gasteiger partial charge is 0.412 e. The highest BCUT2D eigenvalue weighted by atomic mass is 19.4. The molecule has 0 amide bonds. The topological polar surface area (TPSA) is 12.4 Å². The van der Waals surface area contributed by atoms with Crippen molar-refractivity contribution in [3.05, 3.63) is 47.7 Å². The average molecular weight is 285 g/mol. The molecule has 0 aliphatic carbocycles. The van der Waals surface area contributed by atoms with Crippen molar-refractivity contribution < 1.29 is 13.2 Å². The predicted molar refractivity (Wildman–Crippen MR) is 79.9 cm³/mol. The Hall–Kier alpha value is -1.58. The van der Waals surface area contributed by atoms with E-state index in [9.17, 15) is 13.2 Å². The number of allylic oxidation sites excluding steroid dienone is 6. The lowest BCUT2D eigenvalue weighted by atomic mass is 10.1. The second kappa shape index (κ2) is 8.56. The minimum Gasteiger partial charge on any atom is -0.261 e. The summed E-state index contributed by atoms with van der Waals surface area (Å²) in [7, 11) is 0. The predicted octanol–water partition coefficient (Wildman–Crippen LogP) is 5.77. The van der Waals surface area contributed by atoms with Crippen LogP contribution in [0.3, 0.4) is 0 Å². The summed E-state index contributed by atoms with van der Waals surface area (Å²) in [5.41, 5.74) is 1.70. The monoisotopic (exact) mass is 285 g/mol. The lowest BCUT2D eigenvalue weighted by Crippen LogP contribution is -2.11. The van der Waals surface area contributed by atoms with Gasteiger partial charge in [-0.25, -0.2) is 0 Å². The third kappa shape index (κ3) is 7.12. The third-order valence-electron chi connectivity index (χ3n) is 2.50. The van der Waals surface area contributed by atoms with Crippen LogP contribution in [0.4, 0.5) is 13.2 Å². The van der Waals surface area contributed by atoms with E-state index in [1.807, 2.05) is 13.8 Å². The molecule has 0 unspecified atom stereocenters. The van der Waals surface area contributed by atoms with Crippen molar-refractivity contribution in [2.75, 3.05) is 0 Å². The summed E-state index contributed by atoms with van der Waals surface area (Å²) in [6.45, 7) is 10.9. The number of hydrogen-bond acceptors (Lipinski definition) is 1. The van der Waals surface area contributed by atoms with Crippen molar-refractivity contribution in [2.24, 2.45) is 4.99 Å². The molecule has 0 saturated heterocycles. The SMILES string of the molecule is C=C/C(=C\C=C(/CCC)C(F)(F)F)C(C)=NC=C(C)C. The second-order valence-corrected chi connectivity index (χ2v) is 4.69. The van der Waals surface area contributed by atoms with Gasteiger partial charge in [0.1, 0.15) is 0 Å². The standard InChI is InChI=1S/C16H22F3N/c1-6-8-15(16(17,18)19)10-9-14(7-2)13(5)20-11-12(3)4/h7,9-11H,2,6,8H2,1,3-5H3/b14-9+,15-10+,20-13?. The number of aliphatic imine (C=N–C) groups is 1. The summed E-state index contributed by atoms with van der Waals surface area (Å²) in [6, 6.07) is 0. The lowest BCUT2D eigenvalue weighted by molar-refractivity contribution is -0.0940. The Labute approximate surface area is 119 Å². The molecule has 0 rings (SSSR count). The van der Waals surface area contributed by atoms with E-state index in [-0.39, 0.29) is 6.42 Å². The third-order valence-corrected chi connectivity index (χ3v) is 2.50. The maximum absolute atomic E-state index is 12.8. The zero-order chi connectivity index (χ0) is 15.8. The molecule has 0 atom stereocenters. The number of alkyl halides is 3. The van der Waals surface area contributed by atoms with E-state index in [4.69, 9.17) is 0 Å². The van der Waals surface area contributed by atoms with Crippen LogP contribution in [0.5, 0.6) is 0 Å². The normalized spacial score (nSPS) is 14.2. The van der Waals surface area contributed by atoms with Crippen molar-refractivity contribution in [3.8, 4) is 0 Å². The molecule has 0 saturated carbocycles. The molecule has 0 fully saturated rings. The van der Waals surface area contributed by atoms with Crippen LogP contribution >= 0.6 is 0 Å².